The lowest BCUT2D eigenvalue weighted by atomic mass is 10.0. The second-order valence-corrected chi connectivity index (χ2v) is 5.46. The highest BCUT2D eigenvalue weighted by Gasteiger charge is 2.57. The van der Waals surface area contributed by atoms with Crippen LogP contribution in [0.1, 0.15) is 26.7 Å². The van der Waals surface area contributed by atoms with Crippen molar-refractivity contribution in [3.05, 3.63) is 29.3 Å². The minimum absolute atomic E-state index is 0.0611. The van der Waals surface area contributed by atoms with Crippen molar-refractivity contribution in [2.75, 3.05) is 18.4 Å². The number of nitrogens with one attached hydrogen (secondary N) is 1. The summed E-state index contributed by atoms with van der Waals surface area (Å²) in [6, 6.07) is 6.89. The summed E-state index contributed by atoms with van der Waals surface area (Å²) in [5.41, 5.74) is -0.191. The average molecular weight is 295 g/mol. The first-order valence-corrected chi connectivity index (χ1v) is 7.27. The Morgan fingerprint density at radius 1 is 1.20 bits per heavy atom. The third kappa shape index (κ3) is 2.80. The highest BCUT2D eigenvalue weighted by molar-refractivity contribution is 6.30. The SMILES string of the molecule is CCN(CC)C(=O)C1(C(=O)Nc2ccc(Cl)cc2)CC1. The highest BCUT2D eigenvalue weighted by Crippen LogP contribution is 2.48. The molecule has 0 aliphatic heterocycles. The Labute approximate surface area is 124 Å². The van der Waals surface area contributed by atoms with Gasteiger partial charge in [0.15, 0.2) is 0 Å². The van der Waals surface area contributed by atoms with Gasteiger partial charge in [-0.15, -0.1) is 0 Å². The van der Waals surface area contributed by atoms with Crippen LogP contribution in [0.4, 0.5) is 5.69 Å². The van der Waals surface area contributed by atoms with Crippen molar-refractivity contribution in [2.24, 2.45) is 5.41 Å². The van der Waals surface area contributed by atoms with Gasteiger partial charge >= 0.3 is 0 Å². The van der Waals surface area contributed by atoms with Crippen LogP contribution in [-0.2, 0) is 9.59 Å². The molecule has 1 N–H and O–H groups in total. The number of carbonyl (C=O) groups is 2. The maximum Gasteiger partial charge on any atom is 0.240 e. The number of anilines is 1. The lowest BCUT2D eigenvalue weighted by molar-refractivity contribution is -0.141. The van der Waals surface area contributed by atoms with Crippen molar-refractivity contribution in [1.82, 2.24) is 4.90 Å². The van der Waals surface area contributed by atoms with Crippen molar-refractivity contribution in [2.45, 2.75) is 26.7 Å². The average Bonchev–Trinajstić information content (AvgIpc) is 3.24. The standard InChI is InChI=1S/C15H19ClN2O2/c1-3-18(4-2)14(20)15(9-10-15)13(19)17-12-7-5-11(16)6-8-12/h5-8H,3-4,9-10H2,1-2H3,(H,17,19). The summed E-state index contributed by atoms with van der Waals surface area (Å²) >= 11 is 5.81. The molecular formula is C15H19ClN2O2. The Morgan fingerprint density at radius 3 is 2.20 bits per heavy atom. The fourth-order valence-electron chi connectivity index (χ4n) is 2.26. The summed E-state index contributed by atoms with van der Waals surface area (Å²) in [6.45, 7) is 5.11. The number of hydrogen-bond acceptors (Lipinski definition) is 2. The Bertz CT molecular complexity index is 505. The predicted molar refractivity (Wildman–Crippen MR) is 79.7 cm³/mol. The zero-order chi connectivity index (χ0) is 14.8. The van der Waals surface area contributed by atoms with Gasteiger partial charge in [0.1, 0.15) is 5.41 Å². The molecule has 0 aromatic heterocycles. The van der Waals surface area contributed by atoms with E-state index in [1.807, 2.05) is 13.8 Å². The second-order valence-electron chi connectivity index (χ2n) is 5.02. The van der Waals surface area contributed by atoms with Crippen LogP contribution in [0.3, 0.4) is 0 Å². The second kappa shape index (κ2) is 5.83. The molecule has 20 heavy (non-hydrogen) atoms. The van der Waals surface area contributed by atoms with E-state index in [9.17, 15) is 9.59 Å². The van der Waals surface area contributed by atoms with E-state index >= 15 is 0 Å². The Morgan fingerprint density at radius 2 is 1.75 bits per heavy atom. The number of halogens is 1. The summed E-state index contributed by atoms with van der Waals surface area (Å²) in [5.74, 6) is -0.273. The first-order valence-electron chi connectivity index (χ1n) is 6.90. The maximum absolute atomic E-state index is 12.4. The molecule has 0 unspecified atom stereocenters. The maximum atomic E-state index is 12.4. The normalized spacial score (nSPS) is 15.6. The van der Waals surface area contributed by atoms with Gasteiger partial charge in [-0.2, -0.15) is 0 Å². The van der Waals surface area contributed by atoms with Gasteiger partial charge in [-0.1, -0.05) is 11.6 Å². The lowest BCUT2D eigenvalue weighted by Crippen LogP contribution is -2.42. The van der Waals surface area contributed by atoms with E-state index in [1.54, 1.807) is 29.2 Å². The van der Waals surface area contributed by atoms with Gasteiger partial charge in [-0.05, 0) is 51.0 Å². The van der Waals surface area contributed by atoms with Crippen LogP contribution < -0.4 is 5.32 Å². The van der Waals surface area contributed by atoms with Gasteiger partial charge in [-0.25, -0.2) is 0 Å². The number of rotatable bonds is 5. The minimum atomic E-state index is -0.855. The van der Waals surface area contributed by atoms with Crippen LogP contribution in [0.2, 0.25) is 5.02 Å². The van der Waals surface area contributed by atoms with Gasteiger partial charge in [0, 0.05) is 23.8 Å². The Hall–Kier alpha value is -1.55. The van der Waals surface area contributed by atoms with E-state index in [-0.39, 0.29) is 11.8 Å². The molecule has 1 aromatic carbocycles. The molecule has 108 valence electrons. The largest absolute Gasteiger partial charge is 0.342 e. The summed E-state index contributed by atoms with van der Waals surface area (Å²) in [6.07, 6.45) is 1.25. The Kier molecular flexibility index (Phi) is 4.33. The third-order valence-corrected chi connectivity index (χ3v) is 4.00. The van der Waals surface area contributed by atoms with Crippen molar-refractivity contribution < 1.29 is 9.59 Å². The molecule has 0 bridgehead atoms. The molecule has 1 saturated carbocycles. The van der Waals surface area contributed by atoms with Gasteiger partial charge in [-0.3, -0.25) is 9.59 Å². The molecule has 4 nitrogen and oxygen atoms in total. The number of amides is 2. The number of hydrogen-bond donors (Lipinski definition) is 1. The van der Waals surface area contributed by atoms with E-state index in [2.05, 4.69) is 5.32 Å². The lowest BCUT2D eigenvalue weighted by Gasteiger charge is -2.24. The zero-order valence-corrected chi connectivity index (χ0v) is 12.5. The van der Waals surface area contributed by atoms with Crippen LogP contribution >= 0.6 is 11.6 Å². The molecule has 1 aliphatic rings. The van der Waals surface area contributed by atoms with Gasteiger partial charge in [0.25, 0.3) is 0 Å². The molecule has 0 spiro atoms. The molecule has 0 heterocycles. The molecule has 2 amide bonds. The Balaban J connectivity index is 2.08. The van der Waals surface area contributed by atoms with E-state index in [4.69, 9.17) is 11.6 Å². The topological polar surface area (TPSA) is 49.4 Å². The number of benzene rings is 1. The van der Waals surface area contributed by atoms with Gasteiger partial charge in [0.05, 0.1) is 0 Å². The van der Waals surface area contributed by atoms with Crippen LogP contribution in [0.25, 0.3) is 0 Å². The van der Waals surface area contributed by atoms with E-state index in [0.717, 1.165) is 0 Å². The van der Waals surface area contributed by atoms with Crippen molar-refractivity contribution in [1.29, 1.82) is 0 Å². The van der Waals surface area contributed by atoms with Crippen LogP contribution in [0.5, 0.6) is 0 Å². The quantitative estimate of drug-likeness (QED) is 0.849. The van der Waals surface area contributed by atoms with Gasteiger partial charge < -0.3 is 10.2 Å². The monoisotopic (exact) mass is 294 g/mol. The van der Waals surface area contributed by atoms with E-state index < -0.39 is 5.41 Å². The molecule has 1 aromatic rings. The summed E-state index contributed by atoms with van der Waals surface area (Å²) in [4.78, 5) is 26.5. The summed E-state index contributed by atoms with van der Waals surface area (Å²) in [5, 5.41) is 3.43. The minimum Gasteiger partial charge on any atom is -0.342 e. The smallest absolute Gasteiger partial charge is 0.240 e. The highest BCUT2D eigenvalue weighted by atomic mass is 35.5. The van der Waals surface area contributed by atoms with Crippen molar-refractivity contribution >= 4 is 29.1 Å². The predicted octanol–water partition coefficient (Wildman–Crippen LogP) is 2.93. The molecule has 1 fully saturated rings. The molecule has 0 radical (unpaired) electrons. The van der Waals surface area contributed by atoms with Crippen molar-refractivity contribution in [3.63, 3.8) is 0 Å². The summed E-state index contributed by atoms with van der Waals surface area (Å²) in [7, 11) is 0. The first kappa shape index (κ1) is 14.9. The molecule has 2 rings (SSSR count). The molecule has 1 aliphatic carbocycles. The van der Waals surface area contributed by atoms with E-state index in [0.29, 0.717) is 36.6 Å². The molecule has 0 atom stereocenters. The van der Waals surface area contributed by atoms with E-state index in [1.165, 1.54) is 0 Å². The van der Waals surface area contributed by atoms with Crippen LogP contribution in [0, 0.1) is 5.41 Å². The molecular weight excluding hydrogens is 276 g/mol. The fourth-order valence-corrected chi connectivity index (χ4v) is 2.39. The summed E-state index contributed by atoms with van der Waals surface area (Å²) < 4.78 is 0. The van der Waals surface area contributed by atoms with Crippen LogP contribution in [0.15, 0.2) is 24.3 Å². The molecule has 0 saturated heterocycles. The van der Waals surface area contributed by atoms with Crippen LogP contribution in [-0.4, -0.2) is 29.8 Å². The molecule has 5 heteroatoms. The first-order chi connectivity index (χ1) is 9.53. The number of nitrogens with zero attached hydrogens (tertiary/aromatic N) is 1. The van der Waals surface area contributed by atoms with Crippen molar-refractivity contribution in [3.8, 4) is 0 Å². The zero-order valence-electron chi connectivity index (χ0n) is 11.8. The number of carbonyl (C=O) groups excluding carboxylic acids is 2. The third-order valence-electron chi connectivity index (χ3n) is 3.75. The van der Waals surface area contributed by atoms with Gasteiger partial charge in [0.2, 0.25) is 11.8 Å². The fraction of sp³-hybridized carbons (Fsp3) is 0.467.